The molecule has 8 nitrogen and oxygen atoms in total. The van der Waals surface area contributed by atoms with Crippen molar-refractivity contribution in [2.45, 2.75) is 26.3 Å². The van der Waals surface area contributed by atoms with E-state index >= 15 is 0 Å². The summed E-state index contributed by atoms with van der Waals surface area (Å²) in [5, 5.41) is 5.09. The number of nitrogens with zero attached hydrogens (tertiary/aromatic N) is 2. The smallest absolute Gasteiger partial charge is 0.338 e. The third kappa shape index (κ3) is 5.58. The van der Waals surface area contributed by atoms with Crippen LogP contribution in [0.5, 0.6) is 5.75 Å². The highest BCUT2D eigenvalue weighted by Gasteiger charge is 2.15. The summed E-state index contributed by atoms with van der Waals surface area (Å²) in [5.74, 6) is -0.131. The lowest BCUT2D eigenvalue weighted by atomic mass is 10.1. The SMILES string of the molecule is CCCCOC(=O)c1cccc(NC(=O)Cn2cnc3scc(-c4ccc(OC)cc4)c3c2=O)c1. The quantitative estimate of drug-likeness (QED) is 0.268. The first-order valence-electron chi connectivity index (χ1n) is 11.2. The van der Waals surface area contributed by atoms with Crippen LogP contribution < -0.4 is 15.6 Å². The van der Waals surface area contributed by atoms with Gasteiger partial charge in [-0.3, -0.25) is 14.2 Å². The second-order valence-electron chi connectivity index (χ2n) is 7.85. The Kier molecular flexibility index (Phi) is 7.57. The monoisotopic (exact) mass is 491 g/mol. The van der Waals surface area contributed by atoms with Gasteiger partial charge in [0.15, 0.2) is 0 Å². The number of hydrogen-bond acceptors (Lipinski definition) is 7. The number of amides is 1. The molecule has 0 unspecified atom stereocenters. The van der Waals surface area contributed by atoms with E-state index < -0.39 is 11.9 Å². The van der Waals surface area contributed by atoms with E-state index in [-0.39, 0.29) is 12.1 Å². The largest absolute Gasteiger partial charge is 0.497 e. The number of anilines is 1. The van der Waals surface area contributed by atoms with Gasteiger partial charge in [-0.2, -0.15) is 0 Å². The fraction of sp³-hybridized carbons (Fsp3) is 0.231. The first kappa shape index (κ1) is 24.2. The number of nitrogens with one attached hydrogen (secondary N) is 1. The van der Waals surface area contributed by atoms with Gasteiger partial charge in [0.1, 0.15) is 17.1 Å². The topological polar surface area (TPSA) is 99.5 Å². The highest BCUT2D eigenvalue weighted by atomic mass is 32.1. The minimum atomic E-state index is -0.441. The minimum Gasteiger partial charge on any atom is -0.497 e. The Hall–Kier alpha value is -3.98. The van der Waals surface area contributed by atoms with Gasteiger partial charge < -0.3 is 14.8 Å². The molecule has 2 aromatic heterocycles. The Morgan fingerprint density at radius 2 is 1.94 bits per heavy atom. The summed E-state index contributed by atoms with van der Waals surface area (Å²) in [5.41, 5.74) is 2.11. The highest BCUT2D eigenvalue weighted by Crippen LogP contribution is 2.31. The van der Waals surface area contributed by atoms with E-state index in [9.17, 15) is 14.4 Å². The van der Waals surface area contributed by atoms with Crippen molar-refractivity contribution in [3.63, 3.8) is 0 Å². The van der Waals surface area contributed by atoms with Crippen molar-refractivity contribution >= 4 is 39.1 Å². The Morgan fingerprint density at radius 3 is 2.69 bits per heavy atom. The van der Waals surface area contributed by atoms with Crippen molar-refractivity contribution in [1.82, 2.24) is 9.55 Å². The average molecular weight is 492 g/mol. The molecule has 0 aliphatic carbocycles. The van der Waals surface area contributed by atoms with Crippen molar-refractivity contribution in [2.24, 2.45) is 0 Å². The zero-order chi connectivity index (χ0) is 24.8. The molecule has 0 radical (unpaired) electrons. The second-order valence-corrected chi connectivity index (χ2v) is 8.71. The number of carbonyl (C=O) groups excluding carboxylic acids is 2. The fourth-order valence-corrected chi connectivity index (χ4v) is 4.44. The summed E-state index contributed by atoms with van der Waals surface area (Å²) >= 11 is 1.37. The molecule has 0 aliphatic heterocycles. The zero-order valence-corrected chi connectivity index (χ0v) is 20.3. The van der Waals surface area contributed by atoms with Crippen LogP contribution in [0.4, 0.5) is 5.69 Å². The molecular formula is C26H25N3O5S. The number of esters is 1. The molecule has 180 valence electrons. The van der Waals surface area contributed by atoms with Crippen molar-refractivity contribution in [1.29, 1.82) is 0 Å². The van der Waals surface area contributed by atoms with E-state index in [1.54, 1.807) is 31.4 Å². The molecule has 0 fully saturated rings. The predicted molar refractivity (Wildman–Crippen MR) is 136 cm³/mol. The summed E-state index contributed by atoms with van der Waals surface area (Å²) in [4.78, 5) is 43.1. The molecule has 0 saturated heterocycles. The number of thiophene rings is 1. The summed E-state index contributed by atoms with van der Waals surface area (Å²) in [6.45, 7) is 2.15. The molecular weight excluding hydrogens is 466 g/mol. The van der Waals surface area contributed by atoms with Crippen LogP contribution in [0.2, 0.25) is 0 Å². The number of carbonyl (C=O) groups is 2. The van der Waals surface area contributed by atoms with Gasteiger partial charge in [-0.15, -0.1) is 11.3 Å². The van der Waals surface area contributed by atoms with E-state index in [0.717, 1.165) is 29.7 Å². The van der Waals surface area contributed by atoms with E-state index in [4.69, 9.17) is 9.47 Å². The van der Waals surface area contributed by atoms with Crippen LogP contribution in [0.25, 0.3) is 21.3 Å². The standard InChI is InChI=1S/C26H25N3O5S/c1-3-4-12-34-26(32)18-6-5-7-19(13-18)28-22(30)14-29-16-27-24-23(25(29)31)21(15-35-24)17-8-10-20(33-2)11-9-17/h5-11,13,15-16H,3-4,12,14H2,1-2H3,(H,28,30). The van der Waals surface area contributed by atoms with Gasteiger partial charge in [-0.1, -0.05) is 31.5 Å². The lowest BCUT2D eigenvalue weighted by molar-refractivity contribution is -0.116. The maximum Gasteiger partial charge on any atom is 0.338 e. The summed E-state index contributed by atoms with van der Waals surface area (Å²) in [6.07, 6.45) is 3.09. The normalized spacial score (nSPS) is 10.8. The molecule has 0 spiro atoms. The Morgan fingerprint density at radius 1 is 1.14 bits per heavy atom. The van der Waals surface area contributed by atoms with Crippen LogP contribution in [0.15, 0.2) is 65.0 Å². The van der Waals surface area contributed by atoms with Crippen LogP contribution in [0.1, 0.15) is 30.1 Å². The molecule has 2 heterocycles. The van der Waals surface area contributed by atoms with E-state index in [1.807, 2.05) is 36.6 Å². The van der Waals surface area contributed by atoms with Gasteiger partial charge in [0.2, 0.25) is 5.91 Å². The summed E-state index contributed by atoms with van der Waals surface area (Å²) in [6, 6.07) is 13.9. The highest BCUT2D eigenvalue weighted by molar-refractivity contribution is 7.17. The lowest BCUT2D eigenvalue weighted by Crippen LogP contribution is -2.27. The van der Waals surface area contributed by atoms with Gasteiger partial charge in [0.05, 0.1) is 31.0 Å². The number of fused-ring (bicyclic) bond motifs is 1. The average Bonchev–Trinajstić information content (AvgIpc) is 3.31. The fourth-order valence-electron chi connectivity index (χ4n) is 3.53. The Balaban J connectivity index is 1.51. The maximum absolute atomic E-state index is 13.2. The molecule has 35 heavy (non-hydrogen) atoms. The molecule has 0 bridgehead atoms. The predicted octanol–water partition coefficient (Wildman–Crippen LogP) is 4.73. The van der Waals surface area contributed by atoms with Gasteiger partial charge in [-0.05, 0) is 42.3 Å². The number of unbranched alkanes of at least 4 members (excludes halogenated alkanes) is 1. The van der Waals surface area contributed by atoms with Crippen molar-refractivity contribution < 1.29 is 19.1 Å². The molecule has 4 rings (SSSR count). The second kappa shape index (κ2) is 11.0. The zero-order valence-electron chi connectivity index (χ0n) is 19.4. The molecule has 9 heteroatoms. The molecule has 1 N–H and O–H groups in total. The first-order valence-corrected chi connectivity index (χ1v) is 12.1. The van der Waals surface area contributed by atoms with Crippen LogP contribution in [-0.2, 0) is 16.1 Å². The van der Waals surface area contributed by atoms with Gasteiger partial charge in [-0.25, -0.2) is 9.78 Å². The summed E-state index contributed by atoms with van der Waals surface area (Å²) < 4.78 is 11.7. The van der Waals surface area contributed by atoms with E-state index in [2.05, 4.69) is 10.3 Å². The van der Waals surface area contributed by atoms with Crippen molar-refractivity contribution in [2.75, 3.05) is 19.0 Å². The lowest BCUT2D eigenvalue weighted by Gasteiger charge is -2.09. The van der Waals surface area contributed by atoms with Gasteiger partial charge >= 0.3 is 5.97 Å². The maximum atomic E-state index is 13.2. The summed E-state index contributed by atoms with van der Waals surface area (Å²) in [7, 11) is 1.60. The van der Waals surface area contributed by atoms with Crippen LogP contribution in [0.3, 0.4) is 0 Å². The van der Waals surface area contributed by atoms with Crippen LogP contribution >= 0.6 is 11.3 Å². The number of ether oxygens (including phenoxy) is 2. The van der Waals surface area contributed by atoms with Gasteiger partial charge in [0, 0.05) is 16.6 Å². The third-order valence-corrected chi connectivity index (χ3v) is 6.28. The van der Waals surface area contributed by atoms with E-state index in [0.29, 0.717) is 28.1 Å². The number of methoxy groups -OCH3 is 1. The van der Waals surface area contributed by atoms with Crippen molar-refractivity contribution in [3.8, 4) is 16.9 Å². The van der Waals surface area contributed by atoms with Crippen LogP contribution in [-0.4, -0.2) is 35.1 Å². The number of rotatable bonds is 9. The number of hydrogen-bond donors (Lipinski definition) is 1. The first-order chi connectivity index (χ1) is 17.0. The Bertz CT molecular complexity index is 1410. The molecule has 0 saturated carbocycles. The van der Waals surface area contributed by atoms with E-state index in [1.165, 1.54) is 22.2 Å². The molecule has 2 aromatic carbocycles. The van der Waals surface area contributed by atoms with Crippen molar-refractivity contribution in [3.05, 3.63) is 76.2 Å². The Labute approximate surface area is 206 Å². The number of aromatic nitrogens is 2. The minimum absolute atomic E-state index is 0.217. The molecule has 0 atom stereocenters. The third-order valence-electron chi connectivity index (χ3n) is 5.39. The molecule has 4 aromatic rings. The van der Waals surface area contributed by atoms with Gasteiger partial charge in [0.25, 0.3) is 5.56 Å². The molecule has 1 amide bonds. The number of benzene rings is 2. The molecule has 0 aliphatic rings. The van der Waals surface area contributed by atoms with Crippen LogP contribution in [0, 0.1) is 0 Å².